The summed E-state index contributed by atoms with van der Waals surface area (Å²) in [6.07, 6.45) is 3.82. The van der Waals surface area contributed by atoms with Crippen LogP contribution in [0, 0.1) is 0 Å². The summed E-state index contributed by atoms with van der Waals surface area (Å²) in [7, 11) is -3.03. The molecule has 0 spiro atoms. The summed E-state index contributed by atoms with van der Waals surface area (Å²) in [5, 5.41) is 1.96. The van der Waals surface area contributed by atoms with Gasteiger partial charge in [-0.25, -0.2) is 8.42 Å². The van der Waals surface area contributed by atoms with Crippen molar-refractivity contribution < 1.29 is 13.2 Å². The summed E-state index contributed by atoms with van der Waals surface area (Å²) < 4.78 is 23.6. The lowest BCUT2D eigenvalue weighted by molar-refractivity contribution is -0.128. The number of sulfone groups is 1. The number of nitrogens with zero attached hydrogens (tertiary/aromatic N) is 1. The third-order valence-electron chi connectivity index (χ3n) is 4.06. The maximum absolute atomic E-state index is 12.7. The molecule has 3 rings (SSSR count). The molecule has 1 atom stereocenters. The minimum atomic E-state index is -3.03. The van der Waals surface area contributed by atoms with Gasteiger partial charge in [-0.2, -0.15) is 0 Å². The van der Waals surface area contributed by atoms with Crippen LogP contribution in [-0.2, 0) is 21.2 Å². The summed E-state index contributed by atoms with van der Waals surface area (Å²) in [5.74, 6) is 0.0757. The molecule has 6 heteroatoms. The van der Waals surface area contributed by atoms with Gasteiger partial charge in [0.2, 0.25) is 5.91 Å². The molecule has 1 amide bonds. The molecule has 126 valence electrons. The van der Waals surface area contributed by atoms with Gasteiger partial charge in [-0.3, -0.25) is 4.79 Å². The van der Waals surface area contributed by atoms with Gasteiger partial charge in [-0.05, 0) is 29.5 Å². The van der Waals surface area contributed by atoms with E-state index in [9.17, 15) is 13.2 Å². The van der Waals surface area contributed by atoms with Crippen molar-refractivity contribution in [2.45, 2.75) is 19.0 Å². The van der Waals surface area contributed by atoms with Gasteiger partial charge in [-0.1, -0.05) is 36.4 Å². The smallest absolute Gasteiger partial charge is 0.247 e. The topological polar surface area (TPSA) is 54.5 Å². The SMILES string of the molecule is O=C(/C=C\c1ccccc1)N(Cc1cccs1)C1CCS(=O)(=O)C1. The van der Waals surface area contributed by atoms with Crippen molar-refractivity contribution in [2.24, 2.45) is 0 Å². The van der Waals surface area contributed by atoms with Gasteiger partial charge in [0.15, 0.2) is 9.84 Å². The second-order valence-corrected chi connectivity index (χ2v) is 9.11. The molecule has 1 aliphatic heterocycles. The van der Waals surface area contributed by atoms with Crippen LogP contribution in [0.15, 0.2) is 53.9 Å². The third-order valence-corrected chi connectivity index (χ3v) is 6.67. The number of benzene rings is 1. The van der Waals surface area contributed by atoms with Crippen LogP contribution >= 0.6 is 11.3 Å². The van der Waals surface area contributed by atoms with E-state index in [1.807, 2.05) is 47.8 Å². The van der Waals surface area contributed by atoms with Gasteiger partial charge in [-0.15, -0.1) is 11.3 Å². The monoisotopic (exact) mass is 361 g/mol. The number of thiophene rings is 1. The average Bonchev–Trinajstić information content (AvgIpc) is 3.20. The Labute approximate surface area is 146 Å². The van der Waals surface area contributed by atoms with Crippen LogP contribution in [0.25, 0.3) is 6.08 Å². The molecule has 0 radical (unpaired) electrons. The van der Waals surface area contributed by atoms with Crippen LogP contribution in [0.2, 0.25) is 0 Å². The van der Waals surface area contributed by atoms with E-state index in [1.165, 1.54) is 6.08 Å². The van der Waals surface area contributed by atoms with Gasteiger partial charge in [0.1, 0.15) is 0 Å². The number of rotatable bonds is 5. The predicted octanol–water partition coefficient (Wildman–Crippen LogP) is 2.98. The molecular weight excluding hydrogens is 342 g/mol. The van der Waals surface area contributed by atoms with E-state index in [4.69, 9.17) is 0 Å². The first-order valence-corrected chi connectivity index (χ1v) is 10.5. The number of carbonyl (C=O) groups excluding carboxylic acids is 1. The quantitative estimate of drug-likeness (QED) is 0.770. The largest absolute Gasteiger partial charge is 0.330 e. The summed E-state index contributed by atoms with van der Waals surface area (Å²) in [6.45, 7) is 0.454. The Bertz CT molecular complexity index is 811. The number of carbonyl (C=O) groups is 1. The van der Waals surface area contributed by atoms with E-state index in [0.29, 0.717) is 13.0 Å². The normalized spacial score (nSPS) is 19.6. The lowest BCUT2D eigenvalue weighted by Crippen LogP contribution is -2.39. The Morgan fingerprint density at radius 1 is 1.21 bits per heavy atom. The minimum Gasteiger partial charge on any atom is -0.330 e. The van der Waals surface area contributed by atoms with Crippen LogP contribution in [0.1, 0.15) is 16.9 Å². The molecule has 1 unspecified atom stereocenters. The highest BCUT2D eigenvalue weighted by atomic mass is 32.2. The zero-order chi connectivity index (χ0) is 17.0. The van der Waals surface area contributed by atoms with E-state index in [-0.39, 0.29) is 23.5 Å². The van der Waals surface area contributed by atoms with Crippen LogP contribution in [0.4, 0.5) is 0 Å². The van der Waals surface area contributed by atoms with E-state index in [0.717, 1.165) is 10.4 Å². The maximum Gasteiger partial charge on any atom is 0.247 e. The van der Waals surface area contributed by atoms with Crippen molar-refractivity contribution in [3.63, 3.8) is 0 Å². The lowest BCUT2D eigenvalue weighted by Gasteiger charge is -2.26. The van der Waals surface area contributed by atoms with E-state index < -0.39 is 9.84 Å². The van der Waals surface area contributed by atoms with Gasteiger partial charge in [0, 0.05) is 17.0 Å². The molecular formula is C18H19NO3S2. The Balaban J connectivity index is 1.78. The Kier molecular flexibility index (Phi) is 5.16. The fourth-order valence-electron chi connectivity index (χ4n) is 2.81. The molecule has 0 saturated carbocycles. The van der Waals surface area contributed by atoms with E-state index in [1.54, 1.807) is 22.3 Å². The molecule has 1 aromatic heterocycles. The van der Waals surface area contributed by atoms with E-state index >= 15 is 0 Å². The molecule has 1 saturated heterocycles. The number of hydrogen-bond donors (Lipinski definition) is 0. The molecule has 1 aromatic carbocycles. The lowest BCUT2D eigenvalue weighted by atomic mass is 10.2. The second kappa shape index (κ2) is 7.32. The molecule has 0 aliphatic carbocycles. The first kappa shape index (κ1) is 16.9. The van der Waals surface area contributed by atoms with Crippen molar-refractivity contribution in [2.75, 3.05) is 11.5 Å². The maximum atomic E-state index is 12.7. The molecule has 0 bridgehead atoms. The number of amides is 1. The van der Waals surface area contributed by atoms with E-state index in [2.05, 4.69) is 0 Å². The predicted molar refractivity (Wildman–Crippen MR) is 97.4 cm³/mol. The van der Waals surface area contributed by atoms with Gasteiger partial charge in [0.25, 0.3) is 0 Å². The summed E-state index contributed by atoms with van der Waals surface area (Å²) in [5.41, 5.74) is 0.945. The minimum absolute atomic E-state index is 0.0588. The second-order valence-electron chi connectivity index (χ2n) is 5.85. The highest BCUT2D eigenvalue weighted by molar-refractivity contribution is 7.91. The fourth-order valence-corrected chi connectivity index (χ4v) is 5.24. The molecule has 0 N–H and O–H groups in total. The highest BCUT2D eigenvalue weighted by Crippen LogP contribution is 2.22. The fraction of sp³-hybridized carbons (Fsp3) is 0.278. The van der Waals surface area contributed by atoms with Crippen molar-refractivity contribution in [3.8, 4) is 0 Å². The van der Waals surface area contributed by atoms with Crippen LogP contribution in [-0.4, -0.2) is 36.8 Å². The molecule has 4 nitrogen and oxygen atoms in total. The molecule has 24 heavy (non-hydrogen) atoms. The highest BCUT2D eigenvalue weighted by Gasteiger charge is 2.34. The van der Waals surface area contributed by atoms with Gasteiger partial charge in [0.05, 0.1) is 18.1 Å². The number of hydrogen-bond acceptors (Lipinski definition) is 4. The van der Waals surface area contributed by atoms with Crippen molar-refractivity contribution in [1.29, 1.82) is 0 Å². The van der Waals surface area contributed by atoms with Crippen molar-refractivity contribution >= 4 is 33.2 Å². The van der Waals surface area contributed by atoms with Gasteiger partial charge < -0.3 is 4.90 Å². The molecule has 1 fully saturated rings. The van der Waals surface area contributed by atoms with Crippen molar-refractivity contribution in [3.05, 3.63) is 64.4 Å². The molecule has 1 aliphatic rings. The van der Waals surface area contributed by atoms with Crippen LogP contribution < -0.4 is 0 Å². The summed E-state index contributed by atoms with van der Waals surface area (Å²) in [4.78, 5) is 15.4. The summed E-state index contributed by atoms with van der Waals surface area (Å²) >= 11 is 1.57. The standard InChI is InChI=1S/C18H19NO3S2/c20-18(9-8-15-5-2-1-3-6-15)19(13-17-7-4-11-23-17)16-10-12-24(21,22)14-16/h1-9,11,16H,10,12-14H2/b9-8-. The average molecular weight is 361 g/mol. The summed E-state index contributed by atoms with van der Waals surface area (Å²) in [6, 6.07) is 13.3. The Morgan fingerprint density at radius 3 is 2.62 bits per heavy atom. The third kappa shape index (κ3) is 4.33. The van der Waals surface area contributed by atoms with Crippen LogP contribution in [0.3, 0.4) is 0 Å². The van der Waals surface area contributed by atoms with Gasteiger partial charge >= 0.3 is 0 Å². The first-order chi connectivity index (χ1) is 11.5. The first-order valence-electron chi connectivity index (χ1n) is 7.80. The van der Waals surface area contributed by atoms with Crippen LogP contribution in [0.5, 0.6) is 0 Å². The zero-order valence-electron chi connectivity index (χ0n) is 13.2. The Hall–Kier alpha value is -1.92. The zero-order valence-corrected chi connectivity index (χ0v) is 14.8. The van der Waals surface area contributed by atoms with Crippen molar-refractivity contribution in [1.82, 2.24) is 4.90 Å². The molecule has 2 aromatic rings. The molecule has 2 heterocycles. The Morgan fingerprint density at radius 2 is 2.00 bits per heavy atom.